The van der Waals surface area contributed by atoms with Crippen LogP contribution in [-0.2, 0) is 19.1 Å². The van der Waals surface area contributed by atoms with Crippen LogP contribution in [0, 0.1) is 5.92 Å². The Morgan fingerprint density at radius 1 is 0.961 bits per heavy atom. The minimum Gasteiger partial charge on any atom is -0.479 e. The van der Waals surface area contributed by atoms with E-state index in [1.807, 2.05) is 6.07 Å². The zero-order valence-electron chi connectivity index (χ0n) is 29.2. The molecule has 0 spiro atoms. The van der Waals surface area contributed by atoms with Gasteiger partial charge in [-0.25, -0.2) is 14.3 Å². The lowest BCUT2D eigenvalue weighted by Crippen LogP contribution is -2.56. The molecule has 14 heteroatoms. The van der Waals surface area contributed by atoms with Crippen LogP contribution in [0.5, 0.6) is 0 Å². The Morgan fingerprint density at radius 3 is 2.27 bits per heavy atom. The number of aliphatic carboxylic acids is 1. The smallest absolute Gasteiger partial charge is 0.408 e. The first-order chi connectivity index (χ1) is 24.4. The largest absolute Gasteiger partial charge is 0.479 e. The Balaban J connectivity index is 1.39. The standard InChI is InChI=1S/C37H45N7O7/c1-36(2,3)51-35(50)41-28-14-8-6-4-5-7-13-25-18-37(25,34(48)49)42-31(45)29-17-26(22-43(29)32(28)46)44-33(47)30(24-12-10-16-39-20-24)27(21-40-44)23-11-9-15-38-19-23/h9-12,15-16,19-21,25-26,28-29H,4-8,13-14,17-18,22H2,1-3H3,(H,41,50)(H,42,45)(H,48,49)/t25-,26-,28+,29?,37-/m0/s1. The van der Waals surface area contributed by atoms with Crippen LogP contribution in [0.2, 0.25) is 0 Å². The van der Waals surface area contributed by atoms with Gasteiger partial charge in [0.1, 0.15) is 23.2 Å². The monoisotopic (exact) mass is 699 g/mol. The molecule has 2 saturated heterocycles. The minimum absolute atomic E-state index is 0.00270. The van der Waals surface area contributed by atoms with Crippen molar-refractivity contribution in [1.82, 2.24) is 35.3 Å². The normalized spacial score (nSPS) is 25.7. The molecule has 14 nitrogen and oxygen atoms in total. The number of nitrogens with one attached hydrogen (secondary N) is 2. The van der Waals surface area contributed by atoms with E-state index in [-0.39, 0.29) is 18.9 Å². The lowest BCUT2D eigenvalue weighted by molar-refractivity contribution is -0.146. The molecule has 0 radical (unpaired) electrons. The molecule has 3 aromatic heterocycles. The number of carboxylic acids is 1. The highest BCUT2D eigenvalue weighted by molar-refractivity contribution is 5.96. The van der Waals surface area contributed by atoms with Crippen molar-refractivity contribution < 1.29 is 29.0 Å². The van der Waals surface area contributed by atoms with E-state index in [2.05, 4.69) is 25.7 Å². The predicted octanol–water partition coefficient (Wildman–Crippen LogP) is 4.11. The molecular weight excluding hydrogens is 654 g/mol. The number of alkyl carbamates (subject to hydrolysis) is 1. The van der Waals surface area contributed by atoms with Gasteiger partial charge in [0, 0.05) is 54.4 Å². The van der Waals surface area contributed by atoms with Gasteiger partial charge in [0.05, 0.1) is 17.8 Å². The van der Waals surface area contributed by atoms with Crippen molar-refractivity contribution in [1.29, 1.82) is 0 Å². The lowest BCUT2D eigenvalue weighted by Gasteiger charge is -2.30. The molecule has 0 bridgehead atoms. The van der Waals surface area contributed by atoms with Crippen LogP contribution >= 0.6 is 0 Å². The van der Waals surface area contributed by atoms with Gasteiger partial charge in [-0.05, 0) is 58.1 Å². The second-order valence-electron chi connectivity index (χ2n) is 14.8. The van der Waals surface area contributed by atoms with Crippen molar-refractivity contribution in [3.63, 3.8) is 0 Å². The first-order valence-corrected chi connectivity index (χ1v) is 17.7. The Hall–Kier alpha value is -5.14. The summed E-state index contributed by atoms with van der Waals surface area (Å²) < 4.78 is 6.77. The summed E-state index contributed by atoms with van der Waals surface area (Å²) in [6, 6.07) is 4.20. The second kappa shape index (κ2) is 14.6. The molecule has 3 aliphatic rings. The number of hydrogen-bond donors (Lipinski definition) is 3. The molecule has 3 fully saturated rings. The Labute approximate surface area is 296 Å². The maximum absolute atomic E-state index is 14.4. The number of carbonyl (C=O) groups is 4. The van der Waals surface area contributed by atoms with E-state index >= 15 is 0 Å². The summed E-state index contributed by atoms with van der Waals surface area (Å²) in [6.07, 6.45) is 12.7. The number of ether oxygens (including phenoxy) is 1. The number of fused-ring (bicyclic) bond motifs is 2. The van der Waals surface area contributed by atoms with E-state index in [1.54, 1.807) is 70.0 Å². The summed E-state index contributed by atoms with van der Waals surface area (Å²) in [5.41, 5.74) is -0.546. The second-order valence-corrected chi connectivity index (χ2v) is 14.8. The highest BCUT2D eigenvalue weighted by Gasteiger charge is 2.62. The van der Waals surface area contributed by atoms with Gasteiger partial charge in [0.2, 0.25) is 11.8 Å². The molecule has 3 amide bonds. The third-order valence-electron chi connectivity index (χ3n) is 10.0. The molecule has 5 atom stereocenters. The van der Waals surface area contributed by atoms with Crippen LogP contribution in [0.4, 0.5) is 4.79 Å². The maximum Gasteiger partial charge on any atom is 0.408 e. The zero-order chi connectivity index (χ0) is 36.3. The molecule has 51 heavy (non-hydrogen) atoms. The van der Waals surface area contributed by atoms with Gasteiger partial charge in [-0.2, -0.15) is 5.10 Å². The minimum atomic E-state index is -1.41. The van der Waals surface area contributed by atoms with Gasteiger partial charge in [-0.15, -0.1) is 0 Å². The highest BCUT2D eigenvalue weighted by atomic mass is 16.6. The van der Waals surface area contributed by atoms with Crippen molar-refractivity contribution >= 4 is 23.9 Å². The number of amides is 3. The molecule has 5 heterocycles. The summed E-state index contributed by atoms with van der Waals surface area (Å²) in [4.78, 5) is 78.2. The Kier molecular flexibility index (Phi) is 10.2. The highest BCUT2D eigenvalue weighted by Crippen LogP contribution is 2.47. The number of rotatable bonds is 5. The fraction of sp³-hybridized carbons (Fsp3) is 0.514. The van der Waals surface area contributed by atoms with Crippen LogP contribution in [0.3, 0.4) is 0 Å². The predicted molar refractivity (Wildman–Crippen MR) is 186 cm³/mol. The average Bonchev–Trinajstić information content (AvgIpc) is 3.61. The van der Waals surface area contributed by atoms with E-state index < -0.39 is 58.7 Å². The van der Waals surface area contributed by atoms with E-state index in [1.165, 1.54) is 9.58 Å². The van der Waals surface area contributed by atoms with E-state index in [0.29, 0.717) is 47.9 Å². The topological polar surface area (TPSA) is 186 Å². The van der Waals surface area contributed by atoms with Crippen LogP contribution in [-0.4, -0.2) is 83.4 Å². The van der Waals surface area contributed by atoms with Crippen LogP contribution in [0.1, 0.15) is 84.6 Å². The van der Waals surface area contributed by atoms with E-state index in [0.717, 1.165) is 25.7 Å². The molecule has 2 aliphatic heterocycles. The van der Waals surface area contributed by atoms with Gasteiger partial charge in [-0.1, -0.05) is 44.2 Å². The van der Waals surface area contributed by atoms with Crippen molar-refractivity contribution in [3.05, 3.63) is 65.6 Å². The summed E-state index contributed by atoms with van der Waals surface area (Å²) in [6.45, 7) is 5.11. The Bertz CT molecular complexity index is 1830. The van der Waals surface area contributed by atoms with Crippen molar-refractivity contribution in [2.24, 2.45) is 5.92 Å². The lowest BCUT2D eigenvalue weighted by atomic mass is 9.99. The molecular formula is C37H45N7O7. The summed E-state index contributed by atoms with van der Waals surface area (Å²) in [5.74, 6) is -2.44. The molecule has 3 N–H and O–H groups in total. The molecule has 0 aromatic carbocycles. The third kappa shape index (κ3) is 7.79. The van der Waals surface area contributed by atoms with Gasteiger partial charge in [0.25, 0.3) is 5.56 Å². The van der Waals surface area contributed by atoms with Crippen molar-refractivity contribution in [2.45, 2.75) is 108 Å². The SMILES string of the molecule is CC(C)(C)OC(=O)N[C@@H]1CCCCCCC[C@H]2C[C@]2(C(=O)O)NC(=O)C2C[C@H](n3ncc(-c4cccnc4)c(-c4cccnc4)c3=O)CN2C1=O. The number of carbonyl (C=O) groups excluding carboxylic acids is 3. The van der Waals surface area contributed by atoms with Crippen LogP contribution in [0.15, 0.2) is 60.0 Å². The maximum atomic E-state index is 14.4. The Morgan fingerprint density at radius 2 is 1.63 bits per heavy atom. The van der Waals surface area contributed by atoms with Gasteiger partial charge in [0.15, 0.2) is 0 Å². The number of pyridine rings is 2. The summed E-state index contributed by atoms with van der Waals surface area (Å²) in [7, 11) is 0. The molecule has 1 unspecified atom stereocenters. The van der Waals surface area contributed by atoms with E-state index in [9.17, 15) is 29.1 Å². The van der Waals surface area contributed by atoms with Crippen LogP contribution < -0.4 is 16.2 Å². The van der Waals surface area contributed by atoms with E-state index in [4.69, 9.17) is 4.74 Å². The van der Waals surface area contributed by atoms with Gasteiger partial charge in [-0.3, -0.25) is 24.4 Å². The first-order valence-electron chi connectivity index (χ1n) is 17.7. The van der Waals surface area contributed by atoms with Gasteiger partial charge >= 0.3 is 12.1 Å². The number of carboxylic acid groups (broad SMARTS) is 1. The quantitative estimate of drug-likeness (QED) is 0.350. The molecule has 3 aromatic rings. The molecule has 1 aliphatic carbocycles. The summed E-state index contributed by atoms with van der Waals surface area (Å²) in [5, 5.41) is 20.3. The number of nitrogens with zero attached hydrogens (tertiary/aromatic N) is 5. The first kappa shape index (κ1) is 35.7. The zero-order valence-corrected chi connectivity index (χ0v) is 29.2. The van der Waals surface area contributed by atoms with Crippen molar-refractivity contribution in [2.75, 3.05) is 6.54 Å². The summed E-state index contributed by atoms with van der Waals surface area (Å²) >= 11 is 0. The third-order valence-corrected chi connectivity index (χ3v) is 10.0. The van der Waals surface area contributed by atoms with Gasteiger partial charge < -0.3 is 25.4 Å². The molecule has 6 rings (SSSR count). The average molecular weight is 700 g/mol. The van der Waals surface area contributed by atoms with Crippen molar-refractivity contribution in [3.8, 4) is 22.3 Å². The fourth-order valence-electron chi connectivity index (χ4n) is 7.37. The van der Waals surface area contributed by atoms with Crippen LogP contribution in [0.25, 0.3) is 22.3 Å². The fourth-order valence-corrected chi connectivity index (χ4v) is 7.37. The number of aromatic nitrogens is 4. The molecule has 1 saturated carbocycles. The molecule has 270 valence electrons. The number of hydrogen-bond acceptors (Lipinski definition) is 9.